The Labute approximate surface area is 122 Å². The maximum absolute atomic E-state index is 6.25. The Morgan fingerprint density at radius 3 is 2.60 bits per heavy atom. The maximum atomic E-state index is 6.25. The molecule has 1 aromatic rings. The van der Waals surface area contributed by atoms with Crippen molar-refractivity contribution < 1.29 is 4.74 Å². The van der Waals surface area contributed by atoms with Gasteiger partial charge >= 0.3 is 0 Å². The van der Waals surface area contributed by atoms with Gasteiger partial charge in [-0.15, -0.1) is 0 Å². The van der Waals surface area contributed by atoms with E-state index in [-0.39, 0.29) is 0 Å². The summed E-state index contributed by atoms with van der Waals surface area (Å²) in [4.78, 5) is 0. The van der Waals surface area contributed by atoms with Crippen LogP contribution in [0.5, 0.6) is 5.75 Å². The van der Waals surface area contributed by atoms with E-state index in [4.69, 9.17) is 4.74 Å². The van der Waals surface area contributed by atoms with E-state index >= 15 is 0 Å². The minimum absolute atomic E-state index is 0.329. The Bertz CT molecular complexity index is 398. The van der Waals surface area contributed by atoms with Crippen LogP contribution in [0.4, 0.5) is 0 Å². The Morgan fingerprint density at radius 1 is 1.15 bits per heavy atom. The van der Waals surface area contributed by atoms with E-state index in [0.29, 0.717) is 12.1 Å². The Balaban J connectivity index is 1.71. The molecule has 2 unspecified atom stereocenters. The van der Waals surface area contributed by atoms with Crippen LogP contribution in [-0.2, 0) is 6.42 Å². The van der Waals surface area contributed by atoms with Crippen LogP contribution < -0.4 is 10.1 Å². The molecule has 2 atom stereocenters. The molecule has 2 nitrogen and oxygen atoms in total. The Hall–Kier alpha value is -1.02. The summed E-state index contributed by atoms with van der Waals surface area (Å²) in [5.74, 6) is 1.89. The standard InChI is InChI=1S/C18H27NO/c1-2-19-18(14-9-5-3-4-6-10-14)17-13-15-11-7-8-12-16(15)20-17/h7-8,11-12,14,17-19H,2-6,9-10,13H2,1H3. The first-order valence-electron chi connectivity index (χ1n) is 8.36. The minimum atomic E-state index is 0.329. The normalized spacial score (nSPS) is 24.8. The van der Waals surface area contributed by atoms with Crippen LogP contribution in [0, 0.1) is 5.92 Å². The van der Waals surface area contributed by atoms with Crippen LogP contribution in [0.2, 0.25) is 0 Å². The zero-order valence-corrected chi connectivity index (χ0v) is 12.6. The molecule has 2 heteroatoms. The number of hydrogen-bond donors (Lipinski definition) is 1. The van der Waals surface area contributed by atoms with E-state index in [9.17, 15) is 0 Å². The molecule has 0 bridgehead atoms. The quantitative estimate of drug-likeness (QED) is 0.839. The van der Waals surface area contributed by atoms with Crippen LogP contribution in [0.25, 0.3) is 0 Å². The molecule has 1 aliphatic heterocycles. The van der Waals surface area contributed by atoms with Crippen LogP contribution >= 0.6 is 0 Å². The highest BCUT2D eigenvalue weighted by Gasteiger charge is 2.34. The molecule has 3 rings (SSSR count). The number of hydrogen-bond acceptors (Lipinski definition) is 2. The molecule has 1 aliphatic carbocycles. The second-order valence-electron chi connectivity index (χ2n) is 6.30. The zero-order chi connectivity index (χ0) is 13.8. The van der Waals surface area contributed by atoms with Gasteiger partial charge in [-0.05, 0) is 36.9 Å². The molecule has 20 heavy (non-hydrogen) atoms. The average Bonchev–Trinajstić information content (AvgIpc) is 2.71. The number of fused-ring (bicyclic) bond motifs is 1. The second-order valence-corrected chi connectivity index (χ2v) is 6.30. The van der Waals surface area contributed by atoms with Gasteiger partial charge in [0.1, 0.15) is 11.9 Å². The van der Waals surface area contributed by atoms with Crippen molar-refractivity contribution in [3.8, 4) is 5.75 Å². The van der Waals surface area contributed by atoms with Crippen molar-refractivity contribution in [1.82, 2.24) is 5.32 Å². The lowest BCUT2D eigenvalue weighted by molar-refractivity contribution is 0.133. The lowest BCUT2D eigenvalue weighted by Crippen LogP contribution is -2.47. The van der Waals surface area contributed by atoms with Crippen molar-refractivity contribution in [2.45, 2.75) is 64.0 Å². The van der Waals surface area contributed by atoms with E-state index in [1.807, 2.05) is 0 Å². The zero-order valence-electron chi connectivity index (χ0n) is 12.6. The molecule has 1 aromatic carbocycles. The molecule has 0 spiro atoms. The third kappa shape index (κ3) is 3.01. The summed E-state index contributed by atoms with van der Waals surface area (Å²) in [5.41, 5.74) is 1.38. The molecule has 2 aliphatic rings. The van der Waals surface area contributed by atoms with Gasteiger partial charge < -0.3 is 10.1 Å². The number of benzene rings is 1. The number of likely N-dealkylation sites (N-methyl/N-ethyl adjacent to an activating group) is 1. The SMILES string of the molecule is CCNC(C1CCCCCC1)C1Cc2ccccc2O1. The summed E-state index contributed by atoms with van der Waals surface area (Å²) >= 11 is 0. The second kappa shape index (κ2) is 6.62. The van der Waals surface area contributed by atoms with Crippen LogP contribution in [0.1, 0.15) is 51.0 Å². The minimum Gasteiger partial charge on any atom is -0.488 e. The number of para-hydroxylation sites is 1. The molecule has 1 N–H and O–H groups in total. The summed E-state index contributed by atoms with van der Waals surface area (Å²) in [6.07, 6.45) is 9.77. The lowest BCUT2D eigenvalue weighted by atomic mass is 9.87. The first-order chi connectivity index (χ1) is 9.88. The fourth-order valence-corrected chi connectivity index (χ4v) is 3.92. The van der Waals surface area contributed by atoms with E-state index in [0.717, 1.165) is 24.6 Å². The molecule has 1 saturated carbocycles. The van der Waals surface area contributed by atoms with Gasteiger partial charge in [0.15, 0.2) is 0 Å². The van der Waals surface area contributed by atoms with Gasteiger partial charge in [0.05, 0.1) is 0 Å². The van der Waals surface area contributed by atoms with Gasteiger partial charge in [0.2, 0.25) is 0 Å². The van der Waals surface area contributed by atoms with Gasteiger partial charge in [-0.1, -0.05) is 50.8 Å². The van der Waals surface area contributed by atoms with Crippen LogP contribution in [0.15, 0.2) is 24.3 Å². The van der Waals surface area contributed by atoms with Gasteiger partial charge in [-0.25, -0.2) is 0 Å². The third-order valence-corrected chi connectivity index (χ3v) is 4.92. The smallest absolute Gasteiger partial charge is 0.123 e. The van der Waals surface area contributed by atoms with Crippen molar-refractivity contribution in [3.05, 3.63) is 29.8 Å². The summed E-state index contributed by atoms with van der Waals surface area (Å²) in [6, 6.07) is 9.05. The fourth-order valence-electron chi connectivity index (χ4n) is 3.92. The topological polar surface area (TPSA) is 21.3 Å². The van der Waals surface area contributed by atoms with Crippen LogP contribution in [0.3, 0.4) is 0 Å². The van der Waals surface area contributed by atoms with Crippen molar-refractivity contribution in [1.29, 1.82) is 0 Å². The Morgan fingerprint density at radius 2 is 1.90 bits per heavy atom. The largest absolute Gasteiger partial charge is 0.488 e. The summed E-state index contributed by atoms with van der Waals surface area (Å²) in [6.45, 7) is 3.25. The molecule has 0 amide bonds. The molecule has 1 heterocycles. The first-order valence-corrected chi connectivity index (χ1v) is 8.36. The highest BCUT2D eigenvalue weighted by Crippen LogP contribution is 2.34. The van der Waals surface area contributed by atoms with Crippen LogP contribution in [-0.4, -0.2) is 18.7 Å². The average molecular weight is 273 g/mol. The third-order valence-electron chi connectivity index (χ3n) is 4.92. The van der Waals surface area contributed by atoms with Crippen molar-refractivity contribution >= 4 is 0 Å². The van der Waals surface area contributed by atoms with E-state index in [1.165, 1.54) is 44.1 Å². The fraction of sp³-hybridized carbons (Fsp3) is 0.667. The highest BCUT2D eigenvalue weighted by molar-refractivity contribution is 5.37. The summed E-state index contributed by atoms with van der Waals surface area (Å²) in [7, 11) is 0. The maximum Gasteiger partial charge on any atom is 0.123 e. The first kappa shape index (κ1) is 13.9. The molecule has 1 fully saturated rings. The van der Waals surface area contributed by atoms with Crippen molar-refractivity contribution in [3.63, 3.8) is 0 Å². The summed E-state index contributed by atoms with van der Waals surface area (Å²) in [5, 5.41) is 3.73. The molecular weight excluding hydrogens is 246 g/mol. The van der Waals surface area contributed by atoms with Gasteiger partial charge in [-0.2, -0.15) is 0 Å². The summed E-state index contributed by atoms with van der Waals surface area (Å²) < 4.78 is 6.25. The number of nitrogens with one attached hydrogen (secondary N) is 1. The molecule has 0 aromatic heterocycles. The van der Waals surface area contributed by atoms with Crippen molar-refractivity contribution in [2.75, 3.05) is 6.54 Å². The van der Waals surface area contributed by atoms with Gasteiger partial charge in [0.25, 0.3) is 0 Å². The molecule has 0 saturated heterocycles. The predicted molar refractivity (Wildman–Crippen MR) is 83.2 cm³/mol. The monoisotopic (exact) mass is 273 g/mol. The van der Waals surface area contributed by atoms with Gasteiger partial charge in [0, 0.05) is 12.5 Å². The highest BCUT2D eigenvalue weighted by atomic mass is 16.5. The molecule has 0 radical (unpaired) electrons. The number of ether oxygens (including phenoxy) is 1. The van der Waals surface area contributed by atoms with E-state index in [2.05, 4.69) is 36.5 Å². The molecule has 110 valence electrons. The predicted octanol–water partition coefficient (Wildman–Crippen LogP) is 3.94. The molecular formula is C18H27NO. The number of rotatable bonds is 4. The van der Waals surface area contributed by atoms with E-state index in [1.54, 1.807) is 0 Å². The van der Waals surface area contributed by atoms with Gasteiger partial charge in [-0.3, -0.25) is 0 Å². The Kier molecular flexibility index (Phi) is 4.62. The lowest BCUT2D eigenvalue weighted by Gasteiger charge is -2.31. The van der Waals surface area contributed by atoms with E-state index < -0.39 is 0 Å². The van der Waals surface area contributed by atoms with Crippen molar-refractivity contribution in [2.24, 2.45) is 5.92 Å².